The van der Waals surface area contributed by atoms with Gasteiger partial charge < -0.3 is 14.9 Å². The normalized spacial score (nSPS) is 17.1. The minimum absolute atomic E-state index is 0.00836. The van der Waals surface area contributed by atoms with E-state index in [9.17, 15) is 5.11 Å². The van der Waals surface area contributed by atoms with Gasteiger partial charge in [-0.1, -0.05) is 18.2 Å². The zero-order valence-electron chi connectivity index (χ0n) is 11.2. The van der Waals surface area contributed by atoms with Crippen molar-refractivity contribution in [3.8, 4) is 0 Å². The number of pyridine rings is 1. The van der Waals surface area contributed by atoms with Gasteiger partial charge >= 0.3 is 0 Å². The molecule has 1 aromatic carbocycles. The third-order valence-corrected chi connectivity index (χ3v) is 3.75. The molecule has 0 amide bonds. The van der Waals surface area contributed by atoms with E-state index in [0.717, 1.165) is 37.4 Å². The third kappa shape index (κ3) is 2.41. The van der Waals surface area contributed by atoms with Gasteiger partial charge in [-0.3, -0.25) is 4.98 Å². The Morgan fingerprint density at radius 3 is 2.63 bits per heavy atom. The number of fused-ring (bicyclic) bond motifs is 1. The van der Waals surface area contributed by atoms with Gasteiger partial charge in [0, 0.05) is 37.3 Å². The van der Waals surface area contributed by atoms with Crippen LogP contribution in [0.3, 0.4) is 0 Å². The zero-order valence-corrected chi connectivity index (χ0v) is 11.2. The summed E-state index contributed by atoms with van der Waals surface area (Å²) in [6.45, 7) is 4.19. The fraction of sp³-hybridized carbons (Fsp3) is 0.400. The molecular formula is C15H19N3O. The number of para-hydroxylation sites is 1. The van der Waals surface area contributed by atoms with Crippen molar-refractivity contribution in [2.45, 2.75) is 6.61 Å². The molecule has 3 rings (SSSR count). The van der Waals surface area contributed by atoms with Crippen LogP contribution in [0, 0.1) is 0 Å². The maximum atomic E-state index is 9.37. The molecule has 4 heteroatoms. The van der Waals surface area contributed by atoms with Gasteiger partial charge in [-0.25, -0.2) is 0 Å². The first-order chi connectivity index (χ1) is 9.28. The highest BCUT2D eigenvalue weighted by Gasteiger charge is 2.17. The number of hydrogen-bond donors (Lipinski definition) is 1. The Morgan fingerprint density at radius 1 is 1.16 bits per heavy atom. The monoisotopic (exact) mass is 257 g/mol. The first-order valence-electron chi connectivity index (χ1n) is 6.71. The molecule has 1 N–H and O–H groups in total. The van der Waals surface area contributed by atoms with Gasteiger partial charge in [-0.15, -0.1) is 0 Å². The fourth-order valence-corrected chi connectivity index (χ4v) is 2.60. The topological polar surface area (TPSA) is 39.6 Å². The summed E-state index contributed by atoms with van der Waals surface area (Å²) in [5.74, 6) is 0. The zero-order chi connectivity index (χ0) is 13.2. The summed E-state index contributed by atoms with van der Waals surface area (Å²) in [5.41, 5.74) is 2.90. The average Bonchev–Trinajstić information content (AvgIpc) is 2.47. The number of hydrogen-bond acceptors (Lipinski definition) is 4. The number of aliphatic hydroxyl groups is 1. The highest BCUT2D eigenvalue weighted by atomic mass is 16.3. The Kier molecular flexibility index (Phi) is 3.36. The van der Waals surface area contributed by atoms with E-state index in [0.29, 0.717) is 0 Å². The molecule has 0 aliphatic carbocycles. The summed E-state index contributed by atoms with van der Waals surface area (Å²) in [6.07, 6.45) is 0. The van der Waals surface area contributed by atoms with Crippen LogP contribution in [0.5, 0.6) is 0 Å². The van der Waals surface area contributed by atoms with E-state index in [1.165, 1.54) is 11.1 Å². The molecule has 1 aliphatic rings. The molecule has 0 bridgehead atoms. The molecule has 1 fully saturated rings. The van der Waals surface area contributed by atoms with Gasteiger partial charge in [0.25, 0.3) is 0 Å². The van der Waals surface area contributed by atoms with Crippen molar-refractivity contribution in [2.24, 2.45) is 0 Å². The molecule has 0 saturated carbocycles. The van der Waals surface area contributed by atoms with Crippen molar-refractivity contribution in [1.82, 2.24) is 9.88 Å². The Labute approximate surface area is 113 Å². The maximum Gasteiger partial charge on any atom is 0.0854 e. The van der Waals surface area contributed by atoms with E-state index in [-0.39, 0.29) is 6.61 Å². The van der Waals surface area contributed by atoms with E-state index in [1.54, 1.807) is 0 Å². The number of aromatic nitrogens is 1. The molecule has 1 saturated heterocycles. The summed E-state index contributed by atoms with van der Waals surface area (Å²) >= 11 is 0. The van der Waals surface area contributed by atoms with E-state index in [4.69, 9.17) is 0 Å². The van der Waals surface area contributed by atoms with Crippen LogP contribution in [0.2, 0.25) is 0 Å². The molecule has 2 aromatic rings. The second kappa shape index (κ2) is 5.15. The van der Waals surface area contributed by atoms with Crippen LogP contribution < -0.4 is 4.90 Å². The lowest BCUT2D eigenvalue weighted by Gasteiger charge is -2.34. The maximum absolute atomic E-state index is 9.37. The molecule has 1 aliphatic heterocycles. The highest BCUT2D eigenvalue weighted by molar-refractivity contribution is 5.92. The summed E-state index contributed by atoms with van der Waals surface area (Å²) < 4.78 is 0. The molecule has 100 valence electrons. The minimum Gasteiger partial charge on any atom is -0.390 e. The highest BCUT2D eigenvalue weighted by Crippen LogP contribution is 2.27. The van der Waals surface area contributed by atoms with Gasteiger partial charge in [0.05, 0.1) is 17.8 Å². The predicted molar refractivity (Wildman–Crippen MR) is 77.4 cm³/mol. The van der Waals surface area contributed by atoms with E-state index < -0.39 is 0 Å². The summed E-state index contributed by atoms with van der Waals surface area (Å²) in [6, 6.07) is 10.2. The molecule has 19 heavy (non-hydrogen) atoms. The lowest BCUT2D eigenvalue weighted by atomic mass is 10.1. The predicted octanol–water partition coefficient (Wildman–Crippen LogP) is 1.48. The van der Waals surface area contributed by atoms with Gasteiger partial charge in [-0.05, 0) is 19.2 Å². The lowest BCUT2D eigenvalue weighted by molar-refractivity contribution is 0.277. The second-order valence-electron chi connectivity index (χ2n) is 5.10. The van der Waals surface area contributed by atoms with E-state index >= 15 is 0 Å². The largest absolute Gasteiger partial charge is 0.390 e. The quantitative estimate of drug-likeness (QED) is 0.884. The molecule has 4 nitrogen and oxygen atoms in total. The number of likely N-dealkylation sites (N-methyl/N-ethyl adjacent to an activating group) is 1. The van der Waals surface area contributed by atoms with E-state index in [2.05, 4.69) is 27.9 Å². The van der Waals surface area contributed by atoms with Crippen LogP contribution in [-0.2, 0) is 6.61 Å². The first-order valence-corrected chi connectivity index (χ1v) is 6.71. The van der Waals surface area contributed by atoms with E-state index in [1.807, 2.05) is 24.3 Å². The van der Waals surface area contributed by atoms with Gasteiger partial charge in [0.15, 0.2) is 0 Å². The number of aliphatic hydroxyl groups excluding tert-OH is 1. The standard InChI is InChI=1S/C15H19N3O/c1-17-6-8-18(9-7-17)15-10-12(11-19)16-14-5-3-2-4-13(14)15/h2-5,10,19H,6-9,11H2,1H3. The van der Waals surface area contributed by atoms with Crippen molar-refractivity contribution in [1.29, 1.82) is 0 Å². The van der Waals surface area contributed by atoms with Crippen molar-refractivity contribution in [2.75, 3.05) is 38.1 Å². The van der Waals surface area contributed by atoms with Crippen molar-refractivity contribution >= 4 is 16.6 Å². The van der Waals surface area contributed by atoms with Crippen LogP contribution in [-0.4, -0.2) is 48.2 Å². The Balaban J connectivity index is 2.05. The van der Waals surface area contributed by atoms with Crippen molar-refractivity contribution in [3.05, 3.63) is 36.0 Å². The molecule has 0 radical (unpaired) electrons. The summed E-state index contributed by atoms with van der Waals surface area (Å²) in [5, 5.41) is 10.5. The van der Waals surface area contributed by atoms with Crippen LogP contribution >= 0.6 is 0 Å². The molecule has 2 heterocycles. The second-order valence-corrected chi connectivity index (χ2v) is 5.10. The molecule has 0 atom stereocenters. The summed E-state index contributed by atoms with van der Waals surface area (Å²) in [4.78, 5) is 9.21. The molecule has 0 spiro atoms. The van der Waals surface area contributed by atoms with Crippen LogP contribution in [0.1, 0.15) is 5.69 Å². The smallest absolute Gasteiger partial charge is 0.0854 e. The van der Waals surface area contributed by atoms with Gasteiger partial charge in [-0.2, -0.15) is 0 Å². The minimum atomic E-state index is -0.00836. The number of piperazine rings is 1. The number of rotatable bonds is 2. The Morgan fingerprint density at radius 2 is 1.89 bits per heavy atom. The molecule has 1 aromatic heterocycles. The number of nitrogens with zero attached hydrogens (tertiary/aromatic N) is 3. The third-order valence-electron chi connectivity index (χ3n) is 3.75. The lowest BCUT2D eigenvalue weighted by Crippen LogP contribution is -2.44. The Hall–Kier alpha value is -1.65. The average molecular weight is 257 g/mol. The SMILES string of the molecule is CN1CCN(c2cc(CO)nc3ccccc23)CC1. The van der Waals surface area contributed by atoms with Crippen LogP contribution in [0.25, 0.3) is 10.9 Å². The molecular weight excluding hydrogens is 238 g/mol. The number of anilines is 1. The fourth-order valence-electron chi connectivity index (χ4n) is 2.60. The van der Waals surface area contributed by atoms with Crippen LogP contribution in [0.4, 0.5) is 5.69 Å². The van der Waals surface area contributed by atoms with Gasteiger partial charge in [0.2, 0.25) is 0 Å². The van der Waals surface area contributed by atoms with Crippen molar-refractivity contribution in [3.63, 3.8) is 0 Å². The molecule has 0 unspecified atom stereocenters. The summed E-state index contributed by atoms with van der Waals surface area (Å²) in [7, 11) is 2.15. The Bertz CT molecular complexity index is 577. The van der Waals surface area contributed by atoms with Crippen LogP contribution in [0.15, 0.2) is 30.3 Å². The first kappa shape index (κ1) is 12.4. The number of benzene rings is 1. The van der Waals surface area contributed by atoms with Gasteiger partial charge in [0.1, 0.15) is 0 Å². The van der Waals surface area contributed by atoms with Crippen molar-refractivity contribution < 1.29 is 5.11 Å².